The summed E-state index contributed by atoms with van der Waals surface area (Å²) >= 11 is 11.2. The number of anilines is 1. The zero-order valence-corrected chi connectivity index (χ0v) is 16.6. The third kappa shape index (κ3) is 1.75. The first kappa shape index (κ1) is 15.9. The van der Waals surface area contributed by atoms with Gasteiger partial charge in [-0.05, 0) is 30.4 Å². The average molecular weight is 481 g/mol. The van der Waals surface area contributed by atoms with E-state index in [1.165, 1.54) is 0 Å². The lowest BCUT2D eigenvalue weighted by atomic mass is 9.43. The van der Waals surface area contributed by atoms with Gasteiger partial charge < -0.3 is 5.32 Å². The number of hydrogen-bond acceptors (Lipinski definition) is 2. The summed E-state index contributed by atoms with van der Waals surface area (Å²) in [7, 11) is 0. The minimum absolute atomic E-state index is 0.0501. The quantitative estimate of drug-likeness (QED) is 0.637. The first-order valence-electron chi connectivity index (χ1n) is 6.95. The minimum atomic E-state index is -0.385. The highest BCUT2D eigenvalue weighted by atomic mass is 79.9. The molecule has 3 nitrogen and oxygen atoms in total. The van der Waals surface area contributed by atoms with Crippen molar-refractivity contribution in [3.8, 4) is 0 Å². The van der Waals surface area contributed by atoms with Gasteiger partial charge >= 0.3 is 0 Å². The molecule has 2 bridgehead atoms. The van der Waals surface area contributed by atoms with Gasteiger partial charge in [0.15, 0.2) is 0 Å². The Morgan fingerprint density at radius 3 is 2.57 bits per heavy atom. The number of aromatic nitrogens is 1. The third-order valence-electron chi connectivity index (χ3n) is 5.80. The molecular weight excluding hydrogens is 464 g/mol. The van der Waals surface area contributed by atoms with Crippen molar-refractivity contribution in [1.82, 2.24) is 4.98 Å². The number of alkyl halides is 3. The molecule has 0 saturated heterocycles. The Labute approximate surface area is 150 Å². The van der Waals surface area contributed by atoms with E-state index < -0.39 is 0 Å². The normalized spacial score (nSPS) is 36.4. The molecule has 0 aliphatic heterocycles. The van der Waals surface area contributed by atoms with Crippen LogP contribution in [0.1, 0.15) is 26.7 Å². The predicted octanol–water partition coefficient (Wildman–Crippen LogP) is 4.71. The monoisotopic (exact) mass is 478 g/mol. The molecule has 1 aromatic rings. The molecule has 0 spiro atoms. The molecule has 1 heterocycles. The Bertz CT molecular complexity index is 578. The zero-order chi connectivity index (χ0) is 15.5. The molecule has 6 heteroatoms. The van der Waals surface area contributed by atoms with E-state index in [2.05, 4.69) is 71.9 Å². The number of nitrogens with zero attached hydrogens (tertiary/aromatic N) is 1. The molecule has 0 radical (unpaired) electrons. The van der Waals surface area contributed by atoms with Crippen molar-refractivity contribution in [3.63, 3.8) is 0 Å². The first-order valence-corrected chi connectivity index (χ1v) is 9.70. The van der Waals surface area contributed by atoms with Crippen molar-refractivity contribution < 1.29 is 4.79 Å². The van der Waals surface area contributed by atoms with Crippen LogP contribution in [0.15, 0.2) is 24.4 Å². The highest BCUT2D eigenvalue weighted by Crippen LogP contribution is 2.82. The maximum atomic E-state index is 13.0. The molecule has 3 aliphatic carbocycles. The predicted molar refractivity (Wildman–Crippen MR) is 95.1 cm³/mol. The summed E-state index contributed by atoms with van der Waals surface area (Å²) in [6.45, 7) is 4.40. The Hall–Kier alpha value is 0.0600. The van der Waals surface area contributed by atoms with Crippen molar-refractivity contribution in [2.75, 3.05) is 5.32 Å². The van der Waals surface area contributed by atoms with E-state index in [-0.39, 0.29) is 30.7 Å². The second-order valence-electron chi connectivity index (χ2n) is 6.47. The van der Waals surface area contributed by atoms with Crippen LogP contribution in [-0.4, -0.2) is 19.5 Å². The number of fused-ring (bicyclic) bond motifs is 1. The van der Waals surface area contributed by atoms with Crippen LogP contribution in [0, 0.1) is 16.2 Å². The molecule has 1 amide bonds. The minimum Gasteiger partial charge on any atom is -0.310 e. The van der Waals surface area contributed by atoms with Gasteiger partial charge in [-0.2, -0.15) is 0 Å². The number of carbonyl (C=O) groups excluding carboxylic acids is 1. The molecule has 3 aliphatic rings. The van der Waals surface area contributed by atoms with E-state index in [0.29, 0.717) is 5.82 Å². The summed E-state index contributed by atoms with van der Waals surface area (Å²) in [4.78, 5) is 17.3. The summed E-state index contributed by atoms with van der Waals surface area (Å²) in [5.74, 6) is 0.688. The SMILES string of the molecule is CC1(C)[C@]2(C(=O)Nc3ccccn3)CC[C@]1(C(Br)Br)[C@H]2Br. The van der Waals surface area contributed by atoms with Crippen LogP contribution in [0.2, 0.25) is 0 Å². The summed E-state index contributed by atoms with van der Waals surface area (Å²) in [5.41, 5.74) is -0.427. The Morgan fingerprint density at radius 2 is 2.10 bits per heavy atom. The van der Waals surface area contributed by atoms with E-state index in [0.717, 1.165) is 12.8 Å². The van der Waals surface area contributed by atoms with E-state index >= 15 is 0 Å². The van der Waals surface area contributed by atoms with E-state index in [1.54, 1.807) is 6.20 Å². The molecule has 4 rings (SSSR count). The van der Waals surface area contributed by atoms with Crippen molar-refractivity contribution >= 4 is 59.5 Å². The van der Waals surface area contributed by atoms with Gasteiger partial charge in [-0.25, -0.2) is 4.98 Å². The van der Waals surface area contributed by atoms with Crippen molar-refractivity contribution in [2.45, 2.75) is 35.3 Å². The van der Waals surface area contributed by atoms with Gasteiger partial charge in [0.1, 0.15) is 5.82 Å². The number of nitrogens with one attached hydrogen (secondary N) is 1. The highest BCUT2D eigenvalue weighted by Gasteiger charge is 2.83. The largest absolute Gasteiger partial charge is 0.310 e. The Kier molecular flexibility index (Phi) is 3.82. The molecular formula is C15H17Br3N2O. The summed E-state index contributed by atoms with van der Waals surface area (Å²) in [6.07, 6.45) is 3.60. The van der Waals surface area contributed by atoms with Crippen LogP contribution in [-0.2, 0) is 4.79 Å². The van der Waals surface area contributed by atoms with E-state index in [1.807, 2.05) is 18.2 Å². The molecule has 3 fully saturated rings. The lowest BCUT2D eigenvalue weighted by Gasteiger charge is -2.66. The van der Waals surface area contributed by atoms with E-state index in [9.17, 15) is 4.79 Å². The first-order chi connectivity index (χ1) is 9.80. The van der Waals surface area contributed by atoms with Gasteiger partial charge in [0.05, 0.1) is 9.15 Å². The summed E-state index contributed by atoms with van der Waals surface area (Å²) in [5, 5.41) is 2.99. The van der Waals surface area contributed by atoms with Gasteiger partial charge in [0.25, 0.3) is 0 Å². The fraction of sp³-hybridized carbons (Fsp3) is 0.600. The van der Waals surface area contributed by atoms with Crippen LogP contribution in [0.25, 0.3) is 0 Å². The number of amides is 1. The van der Waals surface area contributed by atoms with Gasteiger partial charge in [-0.15, -0.1) is 0 Å². The van der Waals surface area contributed by atoms with Crippen molar-refractivity contribution in [1.29, 1.82) is 0 Å². The molecule has 3 saturated carbocycles. The van der Waals surface area contributed by atoms with Crippen LogP contribution < -0.4 is 5.32 Å². The zero-order valence-electron chi connectivity index (χ0n) is 11.9. The van der Waals surface area contributed by atoms with Crippen LogP contribution >= 0.6 is 47.8 Å². The summed E-state index contributed by atoms with van der Waals surface area (Å²) < 4.78 is 0.190. The fourth-order valence-electron chi connectivity index (χ4n) is 4.36. The molecule has 3 atom stereocenters. The Morgan fingerprint density at radius 1 is 1.38 bits per heavy atom. The third-order valence-corrected chi connectivity index (χ3v) is 9.03. The van der Waals surface area contributed by atoms with Gasteiger partial charge in [0, 0.05) is 16.4 Å². The second kappa shape index (κ2) is 5.03. The molecule has 1 aromatic heterocycles. The number of pyridine rings is 1. The number of hydrogen-bond donors (Lipinski definition) is 1. The second-order valence-corrected chi connectivity index (χ2v) is 10.4. The van der Waals surface area contributed by atoms with Gasteiger partial charge in [-0.1, -0.05) is 67.7 Å². The molecule has 0 aromatic carbocycles. The van der Waals surface area contributed by atoms with E-state index in [4.69, 9.17) is 0 Å². The summed E-state index contributed by atoms with van der Waals surface area (Å²) in [6, 6.07) is 5.54. The van der Waals surface area contributed by atoms with Crippen molar-refractivity contribution in [3.05, 3.63) is 24.4 Å². The maximum absolute atomic E-state index is 13.0. The number of rotatable bonds is 3. The molecule has 1 N–H and O–H groups in total. The number of carbonyl (C=O) groups is 1. The Balaban J connectivity index is 1.91. The average Bonchev–Trinajstić information content (AvgIpc) is 2.89. The smallest absolute Gasteiger partial charge is 0.233 e. The molecule has 0 unspecified atom stereocenters. The molecule has 21 heavy (non-hydrogen) atoms. The van der Waals surface area contributed by atoms with Crippen molar-refractivity contribution in [2.24, 2.45) is 16.2 Å². The highest BCUT2D eigenvalue weighted by molar-refractivity contribution is 9.24. The van der Waals surface area contributed by atoms with Gasteiger partial charge in [0.2, 0.25) is 5.91 Å². The van der Waals surface area contributed by atoms with Crippen LogP contribution in [0.4, 0.5) is 5.82 Å². The lowest BCUT2D eigenvalue weighted by molar-refractivity contribution is -0.155. The van der Waals surface area contributed by atoms with Gasteiger partial charge in [-0.3, -0.25) is 4.79 Å². The topological polar surface area (TPSA) is 42.0 Å². The number of halogens is 3. The maximum Gasteiger partial charge on any atom is 0.233 e. The van der Waals surface area contributed by atoms with Crippen LogP contribution in [0.5, 0.6) is 0 Å². The van der Waals surface area contributed by atoms with Crippen LogP contribution in [0.3, 0.4) is 0 Å². The standard InChI is InChI=1S/C15H17Br3N2O/c1-13(2)14(11(17)18)6-7-15(13,10(14)16)12(21)20-9-5-3-4-8-19-9/h3-5,8,10-11H,6-7H2,1-2H3,(H,19,20,21)/t10-,14-,15-/m1/s1. The lowest BCUT2D eigenvalue weighted by Crippen LogP contribution is -2.71. The fourth-order valence-corrected chi connectivity index (χ4v) is 9.28. The molecule has 114 valence electrons.